The summed E-state index contributed by atoms with van der Waals surface area (Å²) in [6, 6.07) is 0. The van der Waals surface area contributed by atoms with Gasteiger partial charge in [-0.15, -0.1) is 0 Å². The molecular formula is C14H23NO5. The Labute approximate surface area is 118 Å². The minimum atomic E-state index is -0.861. The van der Waals surface area contributed by atoms with Crippen LogP contribution >= 0.6 is 0 Å². The van der Waals surface area contributed by atoms with E-state index in [0.717, 1.165) is 38.7 Å². The first-order valence-electron chi connectivity index (χ1n) is 7.32. The molecule has 1 aliphatic heterocycles. The summed E-state index contributed by atoms with van der Waals surface area (Å²) in [5, 5.41) is 11.7. The maximum atomic E-state index is 11.8. The fourth-order valence-corrected chi connectivity index (χ4v) is 2.75. The molecule has 6 heteroatoms. The predicted octanol–water partition coefficient (Wildman–Crippen LogP) is 1.09. The normalized spacial score (nSPS) is 24.1. The van der Waals surface area contributed by atoms with Crippen LogP contribution in [0.4, 0.5) is 0 Å². The van der Waals surface area contributed by atoms with Crippen molar-refractivity contribution < 1.29 is 24.2 Å². The highest BCUT2D eigenvalue weighted by molar-refractivity contribution is 5.78. The van der Waals surface area contributed by atoms with Gasteiger partial charge < -0.3 is 19.9 Å². The Hall–Kier alpha value is -1.14. The summed E-state index contributed by atoms with van der Waals surface area (Å²) in [5.74, 6) is -0.988. The highest BCUT2D eigenvalue weighted by atomic mass is 16.5. The molecular weight excluding hydrogens is 262 g/mol. The summed E-state index contributed by atoms with van der Waals surface area (Å²) in [7, 11) is 0. The van der Waals surface area contributed by atoms with E-state index in [0.29, 0.717) is 13.2 Å². The van der Waals surface area contributed by atoms with E-state index in [-0.39, 0.29) is 24.9 Å². The second kappa shape index (κ2) is 7.04. The number of hydrogen-bond acceptors (Lipinski definition) is 4. The first kappa shape index (κ1) is 15.3. The standard InChI is InChI=1S/C14H23NO5/c16-12(4-8-19-10-11-3-1-7-20-11)15-14(5-2-6-14)9-13(17)18/h11H,1-10H2,(H,15,16)(H,17,18). The Morgan fingerprint density at radius 2 is 2.15 bits per heavy atom. The summed E-state index contributed by atoms with van der Waals surface area (Å²) in [5.41, 5.74) is -0.516. The topological polar surface area (TPSA) is 84.9 Å². The van der Waals surface area contributed by atoms with Crippen LogP contribution < -0.4 is 5.32 Å². The summed E-state index contributed by atoms with van der Waals surface area (Å²) in [4.78, 5) is 22.6. The van der Waals surface area contributed by atoms with Gasteiger partial charge in [-0.2, -0.15) is 0 Å². The summed E-state index contributed by atoms with van der Waals surface area (Å²) in [6.07, 6.45) is 5.03. The quantitative estimate of drug-likeness (QED) is 0.652. The molecule has 1 heterocycles. The van der Waals surface area contributed by atoms with Crippen LogP contribution in [0, 0.1) is 0 Å². The van der Waals surface area contributed by atoms with Gasteiger partial charge in [0.25, 0.3) is 0 Å². The average Bonchev–Trinajstić information content (AvgIpc) is 2.84. The van der Waals surface area contributed by atoms with Gasteiger partial charge in [0.15, 0.2) is 0 Å². The van der Waals surface area contributed by atoms with Crippen molar-refractivity contribution in [1.82, 2.24) is 5.32 Å². The van der Waals surface area contributed by atoms with Gasteiger partial charge in [0.2, 0.25) is 5.91 Å². The van der Waals surface area contributed by atoms with Gasteiger partial charge in [-0.05, 0) is 32.1 Å². The fourth-order valence-electron chi connectivity index (χ4n) is 2.75. The van der Waals surface area contributed by atoms with Crippen molar-refractivity contribution in [2.75, 3.05) is 19.8 Å². The van der Waals surface area contributed by atoms with E-state index in [2.05, 4.69) is 5.32 Å². The van der Waals surface area contributed by atoms with Crippen LogP contribution in [-0.2, 0) is 19.1 Å². The van der Waals surface area contributed by atoms with Crippen molar-refractivity contribution in [3.63, 3.8) is 0 Å². The Bertz CT molecular complexity index is 347. The maximum Gasteiger partial charge on any atom is 0.305 e. The fraction of sp³-hybridized carbons (Fsp3) is 0.857. The number of rotatable bonds is 8. The number of nitrogens with one attached hydrogen (secondary N) is 1. The molecule has 1 unspecified atom stereocenters. The molecule has 1 saturated heterocycles. The van der Waals surface area contributed by atoms with Crippen LogP contribution in [0.5, 0.6) is 0 Å². The van der Waals surface area contributed by atoms with Gasteiger partial charge in [-0.3, -0.25) is 9.59 Å². The lowest BCUT2D eigenvalue weighted by molar-refractivity contribution is -0.140. The number of carboxylic acid groups (broad SMARTS) is 1. The molecule has 1 aliphatic carbocycles. The third-order valence-corrected chi connectivity index (χ3v) is 4.01. The van der Waals surface area contributed by atoms with Crippen LogP contribution in [0.1, 0.15) is 44.9 Å². The first-order valence-corrected chi connectivity index (χ1v) is 7.32. The number of amides is 1. The molecule has 6 nitrogen and oxygen atoms in total. The molecule has 114 valence electrons. The zero-order chi connectivity index (χ0) is 14.4. The highest BCUT2D eigenvalue weighted by Crippen LogP contribution is 2.34. The molecule has 2 aliphatic rings. The zero-order valence-electron chi connectivity index (χ0n) is 11.7. The van der Waals surface area contributed by atoms with Gasteiger partial charge in [-0.1, -0.05) is 0 Å². The second-order valence-electron chi connectivity index (χ2n) is 5.71. The Kier molecular flexibility index (Phi) is 5.37. The van der Waals surface area contributed by atoms with Gasteiger partial charge in [0, 0.05) is 13.0 Å². The third-order valence-electron chi connectivity index (χ3n) is 4.01. The van der Waals surface area contributed by atoms with Gasteiger partial charge >= 0.3 is 5.97 Å². The molecule has 1 atom stereocenters. The van der Waals surface area contributed by atoms with Gasteiger partial charge in [-0.25, -0.2) is 0 Å². The minimum Gasteiger partial charge on any atom is -0.481 e. The number of carbonyl (C=O) groups excluding carboxylic acids is 1. The van der Waals surface area contributed by atoms with E-state index in [4.69, 9.17) is 14.6 Å². The van der Waals surface area contributed by atoms with Crippen LogP contribution in [0.15, 0.2) is 0 Å². The molecule has 0 radical (unpaired) electrons. The van der Waals surface area contributed by atoms with Crippen molar-refractivity contribution in [2.45, 2.75) is 56.6 Å². The van der Waals surface area contributed by atoms with Crippen LogP contribution in [-0.4, -0.2) is 48.4 Å². The number of aliphatic carboxylic acids is 1. The third kappa shape index (κ3) is 4.45. The molecule has 0 bridgehead atoms. The molecule has 2 N–H and O–H groups in total. The Balaban J connectivity index is 1.60. The zero-order valence-corrected chi connectivity index (χ0v) is 11.7. The van der Waals surface area contributed by atoms with Gasteiger partial charge in [0.1, 0.15) is 0 Å². The molecule has 1 saturated carbocycles. The smallest absolute Gasteiger partial charge is 0.305 e. The highest BCUT2D eigenvalue weighted by Gasteiger charge is 2.40. The Morgan fingerprint density at radius 3 is 2.70 bits per heavy atom. The van der Waals surface area contributed by atoms with Crippen molar-refractivity contribution in [3.8, 4) is 0 Å². The molecule has 0 spiro atoms. The Morgan fingerprint density at radius 1 is 1.35 bits per heavy atom. The van der Waals surface area contributed by atoms with E-state index >= 15 is 0 Å². The largest absolute Gasteiger partial charge is 0.481 e. The average molecular weight is 285 g/mol. The van der Waals surface area contributed by atoms with Crippen molar-refractivity contribution >= 4 is 11.9 Å². The van der Waals surface area contributed by atoms with Crippen LogP contribution in [0.3, 0.4) is 0 Å². The lowest BCUT2D eigenvalue weighted by Gasteiger charge is -2.41. The van der Waals surface area contributed by atoms with E-state index in [9.17, 15) is 9.59 Å². The van der Waals surface area contributed by atoms with Crippen LogP contribution in [0.25, 0.3) is 0 Å². The van der Waals surface area contributed by atoms with E-state index in [1.165, 1.54) is 0 Å². The summed E-state index contributed by atoms with van der Waals surface area (Å²) >= 11 is 0. The molecule has 0 aromatic rings. The van der Waals surface area contributed by atoms with E-state index < -0.39 is 11.5 Å². The first-order chi connectivity index (χ1) is 9.60. The molecule has 0 aromatic heterocycles. The van der Waals surface area contributed by atoms with Crippen LogP contribution in [0.2, 0.25) is 0 Å². The minimum absolute atomic E-state index is 0.00944. The summed E-state index contributed by atoms with van der Waals surface area (Å²) in [6.45, 7) is 1.69. The van der Waals surface area contributed by atoms with E-state index in [1.54, 1.807) is 0 Å². The van der Waals surface area contributed by atoms with Crippen molar-refractivity contribution in [2.24, 2.45) is 0 Å². The molecule has 0 aromatic carbocycles. The molecule has 2 fully saturated rings. The monoisotopic (exact) mass is 285 g/mol. The molecule has 1 amide bonds. The van der Waals surface area contributed by atoms with Crippen molar-refractivity contribution in [1.29, 1.82) is 0 Å². The number of carboxylic acids is 1. The van der Waals surface area contributed by atoms with Gasteiger partial charge in [0.05, 0.1) is 31.3 Å². The second-order valence-corrected chi connectivity index (χ2v) is 5.71. The number of carbonyl (C=O) groups is 2. The number of ether oxygens (including phenoxy) is 2. The van der Waals surface area contributed by atoms with Crippen molar-refractivity contribution in [3.05, 3.63) is 0 Å². The lowest BCUT2D eigenvalue weighted by atomic mass is 9.74. The number of hydrogen-bond donors (Lipinski definition) is 2. The van der Waals surface area contributed by atoms with E-state index in [1.807, 2.05) is 0 Å². The predicted molar refractivity (Wildman–Crippen MR) is 71.4 cm³/mol. The SMILES string of the molecule is O=C(O)CC1(NC(=O)CCOCC2CCCO2)CCC1. The molecule has 20 heavy (non-hydrogen) atoms. The molecule has 2 rings (SSSR count). The summed E-state index contributed by atoms with van der Waals surface area (Å²) < 4.78 is 10.9. The lowest BCUT2D eigenvalue weighted by Crippen LogP contribution is -2.54. The maximum absolute atomic E-state index is 11.8.